The van der Waals surface area contributed by atoms with Crippen molar-refractivity contribution in [2.24, 2.45) is 5.92 Å². The van der Waals surface area contributed by atoms with Crippen molar-refractivity contribution in [2.45, 2.75) is 43.5 Å². The molecule has 1 aromatic rings. The van der Waals surface area contributed by atoms with Crippen molar-refractivity contribution in [1.29, 1.82) is 0 Å². The second-order valence-electron chi connectivity index (χ2n) is 5.31. The molecule has 0 aromatic heterocycles. The minimum atomic E-state index is -3.52. The van der Waals surface area contributed by atoms with Crippen LogP contribution in [0.25, 0.3) is 0 Å². The molecular formula is C14H22N2O3S. The number of nitrogens with one attached hydrogen (secondary N) is 1. The molecule has 1 saturated carbocycles. The van der Waals surface area contributed by atoms with E-state index in [2.05, 4.69) is 4.72 Å². The molecule has 0 aliphatic heterocycles. The van der Waals surface area contributed by atoms with Crippen LogP contribution in [0.5, 0.6) is 5.75 Å². The van der Waals surface area contributed by atoms with Crippen molar-refractivity contribution in [2.75, 3.05) is 12.8 Å². The Morgan fingerprint density at radius 2 is 2.15 bits per heavy atom. The summed E-state index contributed by atoms with van der Waals surface area (Å²) in [5, 5.41) is 0. The zero-order valence-electron chi connectivity index (χ0n) is 11.9. The normalized spacial score (nSPS) is 16.9. The molecule has 0 heterocycles. The number of hydrogen-bond acceptors (Lipinski definition) is 4. The number of sulfonamides is 1. The van der Waals surface area contributed by atoms with Crippen molar-refractivity contribution >= 4 is 15.7 Å². The number of methoxy groups -OCH3 is 1. The monoisotopic (exact) mass is 298 g/mol. The second-order valence-corrected chi connectivity index (χ2v) is 7.02. The quantitative estimate of drug-likeness (QED) is 0.756. The summed E-state index contributed by atoms with van der Waals surface area (Å²) in [4.78, 5) is 0.192. The highest BCUT2D eigenvalue weighted by molar-refractivity contribution is 7.89. The number of rotatable bonds is 7. The average molecular weight is 298 g/mol. The predicted molar refractivity (Wildman–Crippen MR) is 79.1 cm³/mol. The fraction of sp³-hybridized carbons (Fsp3) is 0.571. The molecule has 0 bridgehead atoms. The molecule has 0 spiro atoms. The van der Waals surface area contributed by atoms with Crippen LogP contribution in [0.4, 0.5) is 5.69 Å². The summed E-state index contributed by atoms with van der Waals surface area (Å²) < 4.78 is 32.6. The summed E-state index contributed by atoms with van der Waals surface area (Å²) in [5.41, 5.74) is 6.13. The third kappa shape index (κ3) is 3.64. The van der Waals surface area contributed by atoms with Crippen LogP contribution in [-0.2, 0) is 10.0 Å². The van der Waals surface area contributed by atoms with Crippen molar-refractivity contribution in [3.8, 4) is 5.75 Å². The molecule has 1 aliphatic carbocycles. The van der Waals surface area contributed by atoms with Gasteiger partial charge in [0.25, 0.3) is 0 Å². The van der Waals surface area contributed by atoms with Crippen molar-refractivity contribution in [3.63, 3.8) is 0 Å². The summed E-state index contributed by atoms with van der Waals surface area (Å²) in [7, 11) is -2.05. The molecule has 5 nitrogen and oxygen atoms in total. The van der Waals surface area contributed by atoms with E-state index in [4.69, 9.17) is 10.5 Å². The van der Waals surface area contributed by atoms with Gasteiger partial charge in [-0.15, -0.1) is 0 Å². The van der Waals surface area contributed by atoms with Crippen LogP contribution in [-0.4, -0.2) is 21.6 Å². The van der Waals surface area contributed by atoms with Crippen LogP contribution in [0.1, 0.15) is 32.6 Å². The Labute approximate surface area is 120 Å². The Bertz CT molecular complexity index is 568. The summed E-state index contributed by atoms with van der Waals surface area (Å²) in [5.74, 6) is 1.06. The largest absolute Gasteiger partial charge is 0.495 e. The molecule has 0 saturated heterocycles. The number of nitrogens with two attached hydrogens (primary N) is 1. The number of ether oxygens (including phenoxy) is 1. The van der Waals surface area contributed by atoms with E-state index in [0.717, 1.165) is 12.8 Å². The third-order valence-corrected chi connectivity index (χ3v) is 5.16. The van der Waals surface area contributed by atoms with Crippen LogP contribution in [0.3, 0.4) is 0 Å². The smallest absolute Gasteiger partial charge is 0.240 e. The lowest BCUT2D eigenvalue weighted by Gasteiger charge is -2.17. The molecule has 6 heteroatoms. The van der Waals surface area contributed by atoms with Gasteiger partial charge in [-0.1, -0.05) is 19.8 Å². The second kappa shape index (κ2) is 6.01. The molecule has 2 rings (SSSR count). The molecule has 3 N–H and O–H groups in total. The lowest BCUT2D eigenvalue weighted by Crippen LogP contribution is -2.34. The molecule has 112 valence electrons. The van der Waals surface area contributed by atoms with Gasteiger partial charge in [-0.25, -0.2) is 13.1 Å². The van der Waals surface area contributed by atoms with Crippen molar-refractivity contribution in [1.82, 2.24) is 4.72 Å². The van der Waals surface area contributed by atoms with E-state index in [1.165, 1.54) is 32.1 Å². The highest BCUT2D eigenvalue weighted by Crippen LogP contribution is 2.34. The zero-order valence-corrected chi connectivity index (χ0v) is 12.7. The van der Waals surface area contributed by atoms with E-state index in [0.29, 0.717) is 17.4 Å². The van der Waals surface area contributed by atoms with E-state index >= 15 is 0 Å². The number of anilines is 1. The van der Waals surface area contributed by atoms with Gasteiger partial charge in [-0.2, -0.15) is 0 Å². The van der Waals surface area contributed by atoms with E-state index < -0.39 is 10.0 Å². The first-order chi connectivity index (χ1) is 9.46. The van der Waals surface area contributed by atoms with Gasteiger partial charge in [0.15, 0.2) is 0 Å². The minimum absolute atomic E-state index is 0.00366. The minimum Gasteiger partial charge on any atom is -0.495 e. The van der Waals surface area contributed by atoms with E-state index in [9.17, 15) is 8.42 Å². The number of hydrogen-bond donors (Lipinski definition) is 2. The van der Waals surface area contributed by atoms with Gasteiger partial charge >= 0.3 is 0 Å². The van der Waals surface area contributed by atoms with Crippen LogP contribution in [0.2, 0.25) is 0 Å². The number of nitrogen functional groups attached to an aromatic ring is 1. The molecule has 1 atom stereocenters. The average Bonchev–Trinajstić information content (AvgIpc) is 3.22. The van der Waals surface area contributed by atoms with E-state index in [1.54, 1.807) is 6.07 Å². The highest BCUT2D eigenvalue weighted by atomic mass is 32.2. The van der Waals surface area contributed by atoms with Crippen LogP contribution >= 0.6 is 0 Å². The fourth-order valence-corrected chi connectivity index (χ4v) is 3.55. The topological polar surface area (TPSA) is 81.4 Å². The van der Waals surface area contributed by atoms with Crippen molar-refractivity contribution in [3.05, 3.63) is 18.2 Å². The summed E-state index contributed by atoms with van der Waals surface area (Å²) in [6.07, 6.45) is 4.14. The first-order valence-corrected chi connectivity index (χ1v) is 8.40. The van der Waals surface area contributed by atoms with Crippen LogP contribution in [0, 0.1) is 5.92 Å². The zero-order chi connectivity index (χ0) is 14.8. The van der Waals surface area contributed by atoms with E-state index in [1.807, 2.05) is 6.92 Å². The maximum atomic E-state index is 12.4. The Balaban J connectivity index is 2.15. The third-order valence-electron chi connectivity index (χ3n) is 3.64. The van der Waals surface area contributed by atoms with Crippen LogP contribution in [0.15, 0.2) is 23.1 Å². The standard InChI is InChI=1S/C14H22N2O3S/c1-3-11(8-10-4-5-10)16-20(17,18)12-6-7-13(15)14(9-12)19-2/h6-7,9-11,16H,3-5,8,15H2,1-2H3. The summed E-state index contributed by atoms with van der Waals surface area (Å²) in [6.45, 7) is 2.00. The van der Waals surface area contributed by atoms with E-state index in [-0.39, 0.29) is 10.9 Å². The fourth-order valence-electron chi connectivity index (χ4n) is 2.20. The van der Waals surface area contributed by atoms with Gasteiger partial charge in [0.2, 0.25) is 10.0 Å². The van der Waals surface area contributed by atoms with Gasteiger partial charge in [-0.3, -0.25) is 0 Å². The molecule has 0 amide bonds. The summed E-state index contributed by atoms with van der Waals surface area (Å²) >= 11 is 0. The molecule has 1 unspecified atom stereocenters. The molecule has 0 radical (unpaired) electrons. The van der Waals surface area contributed by atoms with Gasteiger partial charge in [-0.05, 0) is 30.9 Å². The lowest BCUT2D eigenvalue weighted by atomic mass is 10.1. The molecule has 1 aromatic carbocycles. The molecule has 1 aliphatic rings. The Morgan fingerprint density at radius 3 is 2.70 bits per heavy atom. The maximum Gasteiger partial charge on any atom is 0.240 e. The Morgan fingerprint density at radius 1 is 1.45 bits per heavy atom. The lowest BCUT2D eigenvalue weighted by molar-refractivity contribution is 0.415. The predicted octanol–water partition coefficient (Wildman–Crippen LogP) is 2.13. The first-order valence-electron chi connectivity index (χ1n) is 6.92. The highest BCUT2D eigenvalue weighted by Gasteiger charge is 2.27. The van der Waals surface area contributed by atoms with Crippen LogP contribution < -0.4 is 15.2 Å². The summed E-state index contributed by atoms with van der Waals surface area (Å²) in [6, 6.07) is 4.51. The first kappa shape index (κ1) is 15.1. The number of benzene rings is 1. The SMILES string of the molecule is CCC(CC1CC1)NS(=O)(=O)c1ccc(N)c(OC)c1. The van der Waals surface area contributed by atoms with Gasteiger partial charge in [0.1, 0.15) is 5.75 Å². The van der Waals surface area contributed by atoms with Gasteiger partial charge < -0.3 is 10.5 Å². The van der Waals surface area contributed by atoms with Gasteiger partial charge in [0.05, 0.1) is 17.7 Å². The molecular weight excluding hydrogens is 276 g/mol. The Kier molecular flexibility index (Phi) is 4.55. The van der Waals surface area contributed by atoms with Gasteiger partial charge in [0, 0.05) is 12.1 Å². The Hall–Kier alpha value is -1.27. The van der Waals surface area contributed by atoms with Crippen molar-refractivity contribution < 1.29 is 13.2 Å². The maximum absolute atomic E-state index is 12.4. The molecule has 1 fully saturated rings. The molecule has 20 heavy (non-hydrogen) atoms.